The third-order valence-corrected chi connectivity index (χ3v) is 5.92. The average Bonchev–Trinajstić information content (AvgIpc) is 2.73. The Morgan fingerprint density at radius 1 is 1.06 bits per heavy atom. The molecule has 0 unspecified atom stereocenters. The normalized spacial score (nSPS) is 11.7. The van der Waals surface area contributed by atoms with Gasteiger partial charge in [-0.2, -0.15) is 0 Å². The first-order valence-electron chi connectivity index (χ1n) is 9.89. The second-order valence-corrected chi connectivity index (χ2v) is 9.49. The summed E-state index contributed by atoms with van der Waals surface area (Å²) in [7, 11) is 4.75. The number of aryl methyl sites for hydroxylation is 1. The molecule has 164 valence electrons. The van der Waals surface area contributed by atoms with Gasteiger partial charge >= 0.3 is 5.69 Å². The number of hydrogen-bond donors (Lipinski definition) is 0. The number of rotatable bonds is 5. The SMILES string of the molecule is CN(Cc1ccccc1)C(=O)CSc1nc(C(C)(C)C)nc2c1c(=O)n(C)c(=O)n2C. The van der Waals surface area contributed by atoms with Crippen molar-refractivity contribution in [2.75, 3.05) is 12.8 Å². The van der Waals surface area contributed by atoms with E-state index in [4.69, 9.17) is 0 Å². The van der Waals surface area contributed by atoms with Crippen LogP contribution in [0.15, 0.2) is 44.9 Å². The molecule has 0 saturated carbocycles. The summed E-state index contributed by atoms with van der Waals surface area (Å²) in [5.74, 6) is 0.542. The maximum Gasteiger partial charge on any atom is 0.332 e. The van der Waals surface area contributed by atoms with Crippen molar-refractivity contribution < 1.29 is 4.79 Å². The third-order valence-electron chi connectivity index (χ3n) is 4.96. The first-order chi connectivity index (χ1) is 14.5. The molecule has 31 heavy (non-hydrogen) atoms. The van der Waals surface area contributed by atoms with Crippen molar-refractivity contribution in [1.82, 2.24) is 24.0 Å². The molecule has 9 heteroatoms. The molecule has 0 radical (unpaired) electrons. The second-order valence-electron chi connectivity index (χ2n) is 8.53. The van der Waals surface area contributed by atoms with Crippen LogP contribution in [0.1, 0.15) is 32.2 Å². The maximum absolute atomic E-state index is 12.9. The minimum atomic E-state index is -0.467. The highest BCUT2D eigenvalue weighted by molar-refractivity contribution is 8.00. The number of fused-ring (bicyclic) bond motifs is 1. The molecule has 0 spiro atoms. The Balaban J connectivity index is 1.98. The molecule has 0 aliphatic rings. The van der Waals surface area contributed by atoms with Crippen molar-refractivity contribution in [3.05, 3.63) is 62.6 Å². The van der Waals surface area contributed by atoms with Gasteiger partial charge in [0.15, 0.2) is 5.65 Å². The third kappa shape index (κ3) is 4.71. The average molecular weight is 442 g/mol. The first kappa shape index (κ1) is 22.7. The molecule has 0 bridgehead atoms. The number of thioether (sulfide) groups is 1. The maximum atomic E-state index is 12.9. The van der Waals surface area contributed by atoms with Gasteiger partial charge in [0.25, 0.3) is 5.56 Å². The highest BCUT2D eigenvalue weighted by atomic mass is 32.2. The lowest BCUT2D eigenvalue weighted by atomic mass is 9.96. The summed E-state index contributed by atoms with van der Waals surface area (Å²) in [5.41, 5.74) is 0.00141. The number of carbonyl (C=O) groups excluding carboxylic acids is 1. The minimum absolute atomic E-state index is 0.0837. The Morgan fingerprint density at radius 3 is 2.32 bits per heavy atom. The van der Waals surface area contributed by atoms with Gasteiger partial charge in [-0.25, -0.2) is 14.8 Å². The summed E-state index contributed by atoms with van der Waals surface area (Å²) in [5, 5.41) is 0.661. The van der Waals surface area contributed by atoms with Gasteiger partial charge in [-0.3, -0.25) is 18.7 Å². The van der Waals surface area contributed by atoms with E-state index >= 15 is 0 Å². The minimum Gasteiger partial charge on any atom is -0.341 e. The molecule has 8 nitrogen and oxygen atoms in total. The van der Waals surface area contributed by atoms with E-state index in [-0.39, 0.29) is 22.7 Å². The van der Waals surface area contributed by atoms with Crippen LogP contribution in [0.2, 0.25) is 0 Å². The molecule has 0 atom stereocenters. The Morgan fingerprint density at radius 2 is 1.71 bits per heavy atom. The van der Waals surface area contributed by atoms with Crippen molar-refractivity contribution in [1.29, 1.82) is 0 Å². The molecular weight excluding hydrogens is 414 g/mol. The van der Waals surface area contributed by atoms with Crippen LogP contribution in [0.3, 0.4) is 0 Å². The summed E-state index contributed by atoms with van der Waals surface area (Å²) in [4.78, 5) is 48.8. The Bertz CT molecular complexity index is 1240. The molecule has 0 aliphatic heterocycles. The van der Waals surface area contributed by atoms with Crippen molar-refractivity contribution in [3.63, 3.8) is 0 Å². The number of benzene rings is 1. The second kappa shape index (κ2) is 8.66. The van der Waals surface area contributed by atoms with Gasteiger partial charge in [-0.1, -0.05) is 62.9 Å². The van der Waals surface area contributed by atoms with Crippen LogP contribution in [0.5, 0.6) is 0 Å². The van der Waals surface area contributed by atoms with E-state index in [1.54, 1.807) is 19.0 Å². The van der Waals surface area contributed by atoms with E-state index in [0.29, 0.717) is 17.4 Å². The lowest BCUT2D eigenvalue weighted by Crippen LogP contribution is -2.38. The van der Waals surface area contributed by atoms with E-state index in [1.807, 2.05) is 51.1 Å². The smallest absolute Gasteiger partial charge is 0.332 e. The molecule has 1 amide bonds. The summed E-state index contributed by atoms with van der Waals surface area (Å²) < 4.78 is 2.39. The Labute approximate surface area is 184 Å². The fraction of sp³-hybridized carbons (Fsp3) is 0.409. The van der Waals surface area contributed by atoms with Crippen LogP contribution in [-0.4, -0.2) is 42.7 Å². The highest BCUT2D eigenvalue weighted by Crippen LogP contribution is 2.27. The van der Waals surface area contributed by atoms with E-state index in [9.17, 15) is 14.4 Å². The van der Waals surface area contributed by atoms with Crippen molar-refractivity contribution in [2.45, 2.75) is 37.8 Å². The number of carbonyl (C=O) groups is 1. The number of aromatic nitrogens is 4. The Hall–Kier alpha value is -2.94. The zero-order valence-electron chi connectivity index (χ0n) is 18.7. The van der Waals surface area contributed by atoms with Gasteiger partial charge < -0.3 is 4.90 Å². The lowest BCUT2D eigenvalue weighted by Gasteiger charge is -2.20. The predicted octanol–water partition coefficient (Wildman–Crippen LogP) is 2.08. The van der Waals surface area contributed by atoms with Crippen molar-refractivity contribution in [2.24, 2.45) is 14.1 Å². The van der Waals surface area contributed by atoms with Gasteiger partial charge in [0.05, 0.1) is 5.75 Å². The first-order valence-corrected chi connectivity index (χ1v) is 10.9. The summed E-state index contributed by atoms with van der Waals surface area (Å²) >= 11 is 1.19. The molecule has 0 saturated heterocycles. The largest absolute Gasteiger partial charge is 0.341 e. The van der Waals surface area contributed by atoms with Crippen LogP contribution in [0, 0.1) is 0 Å². The summed E-state index contributed by atoms with van der Waals surface area (Å²) in [6.45, 7) is 6.37. The van der Waals surface area contributed by atoms with Crippen LogP contribution in [0.4, 0.5) is 0 Å². The number of hydrogen-bond acceptors (Lipinski definition) is 6. The van der Waals surface area contributed by atoms with Crippen molar-refractivity contribution >= 4 is 28.7 Å². The fourth-order valence-electron chi connectivity index (χ4n) is 3.05. The van der Waals surface area contributed by atoms with E-state index in [2.05, 4.69) is 9.97 Å². The molecule has 2 aromatic heterocycles. The Kier molecular flexibility index (Phi) is 6.35. The molecule has 3 aromatic rings. The molecule has 1 aromatic carbocycles. The fourth-order valence-corrected chi connectivity index (χ4v) is 4.01. The van der Waals surface area contributed by atoms with Crippen LogP contribution < -0.4 is 11.2 Å². The molecule has 3 rings (SSSR count). The molecule has 2 heterocycles. The van der Waals surface area contributed by atoms with Crippen molar-refractivity contribution in [3.8, 4) is 0 Å². The molecular formula is C22H27N5O3S. The number of amides is 1. The molecule has 0 aliphatic carbocycles. The van der Waals surface area contributed by atoms with Gasteiger partial charge in [-0.05, 0) is 5.56 Å². The quantitative estimate of drug-likeness (QED) is 0.445. The van der Waals surface area contributed by atoms with E-state index in [0.717, 1.165) is 10.1 Å². The van der Waals surface area contributed by atoms with Crippen LogP contribution in [-0.2, 0) is 30.8 Å². The summed E-state index contributed by atoms with van der Waals surface area (Å²) in [6.07, 6.45) is 0. The summed E-state index contributed by atoms with van der Waals surface area (Å²) in [6, 6.07) is 9.73. The van der Waals surface area contributed by atoms with Gasteiger partial charge in [0.2, 0.25) is 5.91 Å². The standard InChI is InChI=1S/C22H27N5O3S/c1-22(2,3)20-23-17-16(19(29)27(6)21(30)26(17)5)18(24-20)31-13-15(28)25(4)12-14-10-8-7-9-11-14/h7-11H,12-13H2,1-6H3. The molecule has 0 N–H and O–H groups in total. The monoisotopic (exact) mass is 441 g/mol. The van der Waals surface area contributed by atoms with Gasteiger partial charge in [-0.15, -0.1) is 0 Å². The van der Waals surface area contributed by atoms with E-state index in [1.165, 1.54) is 23.4 Å². The van der Waals surface area contributed by atoms with Gasteiger partial charge in [0, 0.05) is 33.1 Å². The lowest BCUT2D eigenvalue weighted by molar-refractivity contribution is -0.127. The predicted molar refractivity (Wildman–Crippen MR) is 122 cm³/mol. The zero-order valence-corrected chi connectivity index (χ0v) is 19.5. The highest BCUT2D eigenvalue weighted by Gasteiger charge is 2.24. The zero-order chi connectivity index (χ0) is 22.9. The van der Waals surface area contributed by atoms with Gasteiger partial charge in [0.1, 0.15) is 16.2 Å². The van der Waals surface area contributed by atoms with Crippen LogP contribution >= 0.6 is 11.8 Å². The van der Waals surface area contributed by atoms with Crippen LogP contribution in [0.25, 0.3) is 11.0 Å². The topological polar surface area (TPSA) is 90.1 Å². The molecule has 0 fully saturated rings. The van der Waals surface area contributed by atoms with E-state index < -0.39 is 16.7 Å². The number of nitrogens with zero attached hydrogens (tertiary/aromatic N) is 5.